The molecule has 108 valence electrons. The number of aromatic nitrogens is 1. The SMILES string of the molecule is CCCCc1ccc(Nc2nc3ccc(Br)cc3s2)cc1. The van der Waals surface area contributed by atoms with Crippen molar-refractivity contribution < 1.29 is 0 Å². The minimum Gasteiger partial charge on any atom is -0.332 e. The van der Waals surface area contributed by atoms with Crippen LogP contribution in [0.15, 0.2) is 46.9 Å². The van der Waals surface area contributed by atoms with Gasteiger partial charge in [-0.3, -0.25) is 0 Å². The second-order valence-electron chi connectivity index (χ2n) is 5.06. The Hall–Kier alpha value is -1.39. The molecule has 0 saturated carbocycles. The van der Waals surface area contributed by atoms with Crippen molar-refractivity contribution in [1.82, 2.24) is 4.98 Å². The molecule has 0 fully saturated rings. The van der Waals surface area contributed by atoms with Crippen LogP contribution in [0, 0.1) is 0 Å². The molecule has 4 heteroatoms. The molecule has 0 saturated heterocycles. The Morgan fingerprint density at radius 3 is 2.71 bits per heavy atom. The van der Waals surface area contributed by atoms with E-state index in [9.17, 15) is 0 Å². The fraction of sp³-hybridized carbons (Fsp3) is 0.235. The van der Waals surface area contributed by atoms with Crippen LogP contribution in [0.4, 0.5) is 10.8 Å². The number of aryl methyl sites for hydroxylation is 1. The zero-order valence-electron chi connectivity index (χ0n) is 11.9. The lowest BCUT2D eigenvalue weighted by atomic mass is 10.1. The van der Waals surface area contributed by atoms with Crippen LogP contribution in [0.5, 0.6) is 0 Å². The van der Waals surface area contributed by atoms with Gasteiger partial charge in [0.05, 0.1) is 10.2 Å². The minimum absolute atomic E-state index is 0.935. The van der Waals surface area contributed by atoms with E-state index >= 15 is 0 Å². The van der Waals surface area contributed by atoms with E-state index in [4.69, 9.17) is 0 Å². The molecule has 0 spiro atoms. The van der Waals surface area contributed by atoms with E-state index < -0.39 is 0 Å². The summed E-state index contributed by atoms with van der Waals surface area (Å²) in [5.74, 6) is 0. The van der Waals surface area contributed by atoms with Gasteiger partial charge in [0, 0.05) is 10.2 Å². The van der Waals surface area contributed by atoms with Crippen molar-refractivity contribution in [3.05, 3.63) is 52.5 Å². The number of anilines is 2. The highest BCUT2D eigenvalue weighted by Crippen LogP contribution is 2.30. The largest absolute Gasteiger partial charge is 0.332 e. The number of halogens is 1. The van der Waals surface area contributed by atoms with E-state index in [0.717, 1.165) is 27.2 Å². The van der Waals surface area contributed by atoms with Crippen molar-refractivity contribution in [3.63, 3.8) is 0 Å². The van der Waals surface area contributed by atoms with Gasteiger partial charge in [0.1, 0.15) is 0 Å². The summed E-state index contributed by atoms with van der Waals surface area (Å²) in [7, 11) is 0. The van der Waals surface area contributed by atoms with Crippen molar-refractivity contribution in [2.45, 2.75) is 26.2 Å². The second-order valence-corrected chi connectivity index (χ2v) is 7.00. The number of nitrogens with zero attached hydrogens (tertiary/aromatic N) is 1. The average molecular weight is 361 g/mol. The Balaban J connectivity index is 1.75. The number of rotatable bonds is 5. The molecule has 1 aromatic heterocycles. The quantitative estimate of drug-likeness (QED) is 0.590. The number of hydrogen-bond donors (Lipinski definition) is 1. The third kappa shape index (κ3) is 3.63. The third-order valence-corrected chi connectivity index (χ3v) is 4.80. The topological polar surface area (TPSA) is 24.9 Å². The lowest BCUT2D eigenvalue weighted by Crippen LogP contribution is -1.90. The Kier molecular flexibility index (Phi) is 4.56. The predicted octanol–water partition coefficient (Wildman–Crippen LogP) is 6.15. The average Bonchev–Trinajstić information content (AvgIpc) is 2.88. The summed E-state index contributed by atoms with van der Waals surface area (Å²) in [6.45, 7) is 2.22. The van der Waals surface area contributed by atoms with Gasteiger partial charge >= 0.3 is 0 Å². The fourth-order valence-electron chi connectivity index (χ4n) is 2.21. The smallest absolute Gasteiger partial charge is 0.188 e. The molecule has 1 N–H and O–H groups in total. The van der Waals surface area contributed by atoms with Gasteiger partial charge in [-0.15, -0.1) is 0 Å². The summed E-state index contributed by atoms with van der Waals surface area (Å²) in [5, 5.41) is 4.32. The maximum absolute atomic E-state index is 4.61. The molecule has 2 aromatic carbocycles. The number of fused-ring (bicyclic) bond motifs is 1. The second kappa shape index (κ2) is 6.58. The molecule has 0 aliphatic carbocycles. The van der Waals surface area contributed by atoms with E-state index in [-0.39, 0.29) is 0 Å². The van der Waals surface area contributed by atoms with Crippen LogP contribution < -0.4 is 5.32 Å². The van der Waals surface area contributed by atoms with E-state index in [1.54, 1.807) is 11.3 Å². The van der Waals surface area contributed by atoms with Crippen LogP contribution >= 0.6 is 27.3 Å². The van der Waals surface area contributed by atoms with Gasteiger partial charge in [0.15, 0.2) is 5.13 Å². The molecule has 0 atom stereocenters. The van der Waals surface area contributed by atoms with Crippen molar-refractivity contribution in [2.75, 3.05) is 5.32 Å². The van der Waals surface area contributed by atoms with Gasteiger partial charge in [-0.05, 0) is 48.7 Å². The highest BCUT2D eigenvalue weighted by atomic mass is 79.9. The molecule has 0 unspecified atom stereocenters. The summed E-state index contributed by atoms with van der Waals surface area (Å²) in [6, 6.07) is 14.8. The number of nitrogens with one attached hydrogen (secondary N) is 1. The van der Waals surface area contributed by atoms with Gasteiger partial charge < -0.3 is 5.32 Å². The molecule has 3 rings (SSSR count). The Morgan fingerprint density at radius 2 is 1.95 bits per heavy atom. The fourth-order valence-corrected chi connectivity index (χ4v) is 3.65. The van der Waals surface area contributed by atoms with Crippen molar-refractivity contribution in [2.24, 2.45) is 0 Å². The maximum atomic E-state index is 4.61. The standard InChI is InChI=1S/C17H17BrN2S/c1-2-3-4-12-5-8-14(9-6-12)19-17-20-15-10-7-13(18)11-16(15)21-17/h5-11H,2-4H2,1H3,(H,19,20). The van der Waals surface area contributed by atoms with E-state index in [2.05, 4.69) is 63.5 Å². The highest BCUT2D eigenvalue weighted by molar-refractivity contribution is 9.10. The summed E-state index contributed by atoms with van der Waals surface area (Å²) >= 11 is 5.17. The van der Waals surface area contributed by atoms with E-state index in [1.807, 2.05) is 12.1 Å². The van der Waals surface area contributed by atoms with Gasteiger partial charge in [0.2, 0.25) is 0 Å². The molecule has 2 nitrogen and oxygen atoms in total. The molecule has 0 bridgehead atoms. The molecule has 0 radical (unpaired) electrons. The lowest BCUT2D eigenvalue weighted by molar-refractivity contribution is 0.795. The molecule has 0 aliphatic heterocycles. The Labute approximate surface area is 137 Å². The lowest BCUT2D eigenvalue weighted by Gasteiger charge is -2.04. The van der Waals surface area contributed by atoms with Crippen LogP contribution in [0.25, 0.3) is 10.2 Å². The summed E-state index contributed by atoms with van der Waals surface area (Å²) < 4.78 is 2.27. The zero-order chi connectivity index (χ0) is 14.7. The van der Waals surface area contributed by atoms with E-state index in [1.165, 1.54) is 23.1 Å². The monoisotopic (exact) mass is 360 g/mol. The molecule has 3 aromatic rings. The van der Waals surface area contributed by atoms with Crippen molar-refractivity contribution in [1.29, 1.82) is 0 Å². The summed E-state index contributed by atoms with van der Waals surface area (Å²) in [5.41, 5.74) is 3.52. The Morgan fingerprint density at radius 1 is 1.14 bits per heavy atom. The molecule has 0 aliphatic rings. The van der Waals surface area contributed by atoms with Crippen LogP contribution in [0.2, 0.25) is 0 Å². The molecule has 0 amide bonds. The van der Waals surface area contributed by atoms with Crippen LogP contribution in [0.3, 0.4) is 0 Å². The molecule has 1 heterocycles. The number of benzene rings is 2. The summed E-state index contributed by atoms with van der Waals surface area (Å²) in [4.78, 5) is 4.61. The third-order valence-electron chi connectivity index (χ3n) is 3.37. The number of unbranched alkanes of at least 4 members (excludes halogenated alkanes) is 1. The van der Waals surface area contributed by atoms with E-state index in [0.29, 0.717) is 0 Å². The first-order chi connectivity index (χ1) is 10.2. The minimum atomic E-state index is 0.935. The normalized spacial score (nSPS) is 11.0. The zero-order valence-corrected chi connectivity index (χ0v) is 14.3. The number of hydrogen-bond acceptors (Lipinski definition) is 3. The summed E-state index contributed by atoms with van der Waals surface area (Å²) in [6.07, 6.45) is 3.65. The first-order valence-electron chi connectivity index (χ1n) is 7.16. The molecular formula is C17H17BrN2S. The van der Waals surface area contributed by atoms with Gasteiger partial charge in [-0.2, -0.15) is 0 Å². The van der Waals surface area contributed by atoms with Crippen LogP contribution in [-0.2, 0) is 6.42 Å². The van der Waals surface area contributed by atoms with Crippen molar-refractivity contribution >= 4 is 48.3 Å². The molecular weight excluding hydrogens is 344 g/mol. The first kappa shape index (κ1) is 14.5. The van der Waals surface area contributed by atoms with Crippen LogP contribution in [0.1, 0.15) is 25.3 Å². The van der Waals surface area contributed by atoms with Gasteiger partial charge in [-0.1, -0.05) is 52.7 Å². The first-order valence-corrected chi connectivity index (χ1v) is 8.77. The van der Waals surface area contributed by atoms with Crippen molar-refractivity contribution in [3.8, 4) is 0 Å². The van der Waals surface area contributed by atoms with Gasteiger partial charge in [0.25, 0.3) is 0 Å². The van der Waals surface area contributed by atoms with Crippen LogP contribution in [-0.4, -0.2) is 4.98 Å². The number of thiazole rings is 1. The highest BCUT2D eigenvalue weighted by Gasteiger charge is 2.04. The predicted molar refractivity (Wildman–Crippen MR) is 95.7 cm³/mol. The maximum Gasteiger partial charge on any atom is 0.188 e. The molecule has 21 heavy (non-hydrogen) atoms. The van der Waals surface area contributed by atoms with Gasteiger partial charge in [-0.25, -0.2) is 4.98 Å². The Bertz CT molecular complexity index is 734.